The Balaban J connectivity index is 1.65. The van der Waals surface area contributed by atoms with Crippen LogP contribution >= 0.6 is 0 Å². The lowest BCUT2D eigenvalue weighted by atomic mass is 10.2. The van der Waals surface area contributed by atoms with Crippen molar-refractivity contribution in [2.24, 2.45) is 4.99 Å². The van der Waals surface area contributed by atoms with E-state index in [1.54, 1.807) is 12.3 Å². The van der Waals surface area contributed by atoms with E-state index in [4.69, 9.17) is 9.47 Å². The van der Waals surface area contributed by atoms with E-state index in [9.17, 15) is 4.79 Å². The average molecular weight is 402 g/mol. The van der Waals surface area contributed by atoms with Crippen LogP contribution in [-0.4, -0.2) is 25.3 Å². The lowest BCUT2D eigenvalue weighted by molar-refractivity contribution is -0.118. The van der Waals surface area contributed by atoms with Crippen LogP contribution in [0.1, 0.15) is 23.6 Å². The Morgan fingerprint density at radius 2 is 1.73 bits per heavy atom. The maximum atomic E-state index is 12.2. The Morgan fingerprint density at radius 3 is 2.47 bits per heavy atom. The van der Waals surface area contributed by atoms with Gasteiger partial charge >= 0.3 is 0 Å². The molecule has 1 N–H and O–H groups in total. The molecule has 1 amide bonds. The first kappa shape index (κ1) is 21.1. The molecule has 0 saturated heterocycles. The number of nitrogens with one attached hydrogen (secondary N) is 1. The van der Waals surface area contributed by atoms with Gasteiger partial charge in [-0.15, -0.1) is 0 Å². The summed E-state index contributed by atoms with van der Waals surface area (Å²) in [7, 11) is 0. The van der Waals surface area contributed by atoms with Crippen LogP contribution in [0.25, 0.3) is 0 Å². The Bertz CT molecular complexity index is 1030. The summed E-state index contributed by atoms with van der Waals surface area (Å²) in [6.45, 7) is 6.31. The topological polar surface area (TPSA) is 59.9 Å². The van der Waals surface area contributed by atoms with Gasteiger partial charge in [-0.3, -0.25) is 9.79 Å². The van der Waals surface area contributed by atoms with E-state index in [2.05, 4.69) is 10.3 Å². The summed E-state index contributed by atoms with van der Waals surface area (Å²) < 4.78 is 11.4. The number of carbonyl (C=O) groups excluding carboxylic acids is 1. The predicted octanol–water partition coefficient (Wildman–Crippen LogP) is 5.47. The SMILES string of the molecule is CCOc1cc(C=Nc2ccc(C)cc2)ccc1OCC(=O)Nc1cccc(C)c1. The van der Waals surface area contributed by atoms with Gasteiger partial charge in [-0.05, 0) is 74.4 Å². The fourth-order valence-electron chi connectivity index (χ4n) is 2.84. The largest absolute Gasteiger partial charge is 0.490 e. The minimum atomic E-state index is -0.229. The number of hydrogen-bond donors (Lipinski definition) is 1. The van der Waals surface area contributed by atoms with Crippen molar-refractivity contribution in [2.75, 3.05) is 18.5 Å². The molecule has 154 valence electrons. The van der Waals surface area contributed by atoms with E-state index >= 15 is 0 Å². The number of aryl methyl sites for hydroxylation is 2. The van der Waals surface area contributed by atoms with Crippen molar-refractivity contribution in [1.29, 1.82) is 0 Å². The number of ether oxygens (including phenoxy) is 2. The molecule has 5 nitrogen and oxygen atoms in total. The highest BCUT2D eigenvalue weighted by molar-refractivity contribution is 5.92. The van der Waals surface area contributed by atoms with Crippen molar-refractivity contribution in [1.82, 2.24) is 0 Å². The van der Waals surface area contributed by atoms with Crippen molar-refractivity contribution >= 4 is 23.5 Å². The minimum Gasteiger partial charge on any atom is -0.490 e. The van der Waals surface area contributed by atoms with Crippen LogP contribution in [0.5, 0.6) is 11.5 Å². The Labute approximate surface area is 177 Å². The Hall–Kier alpha value is -3.60. The van der Waals surface area contributed by atoms with Crippen LogP contribution in [0.4, 0.5) is 11.4 Å². The molecule has 5 heteroatoms. The molecule has 3 aromatic carbocycles. The molecular formula is C25H26N2O3. The smallest absolute Gasteiger partial charge is 0.262 e. The highest BCUT2D eigenvalue weighted by Crippen LogP contribution is 2.28. The first-order valence-corrected chi connectivity index (χ1v) is 9.90. The van der Waals surface area contributed by atoms with Crippen LogP contribution < -0.4 is 14.8 Å². The standard InChI is InChI=1S/C25H26N2O3/c1-4-29-24-15-20(16-26-21-11-8-18(2)9-12-21)10-13-23(24)30-17-25(28)27-22-7-5-6-19(3)14-22/h5-16H,4,17H2,1-3H3,(H,27,28). The third-order valence-corrected chi connectivity index (χ3v) is 4.32. The summed E-state index contributed by atoms with van der Waals surface area (Å²) in [5, 5.41) is 2.83. The number of nitrogens with zero attached hydrogens (tertiary/aromatic N) is 1. The molecule has 0 aliphatic rings. The van der Waals surface area contributed by atoms with Crippen molar-refractivity contribution in [3.8, 4) is 11.5 Å². The molecule has 0 atom stereocenters. The zero-order valence-electron chi connectivity index (χ0n) is 17.5. The quantitative estimate of drug-likeness (QED) is 0.508. The third kappa shape index (κ3) is 6.21. The van der Waals surface area contributed by atoms with Gasteiger partial charge in [0, 0.05) is 11.9 Å². The molecule has 3 rings (SSSR count). The third-order valence-electron chi connectivity index (χ3n) is 4.32. The molecule has 0 heterocycles. The van der Waals surface area contributed by atoms with E-state index < -0.39 is 0 Å². The molecule has 0 unspecified atom stereocenters. The summed E-state index contributed by atoms with van der Waals surface area (Å²) in [5.74, 6) is 0.866. The van der Waals surface area contributed by atoms with Gasteiger partial charge in [0.05, 0.1) is 12.3 Å². The van der Waals surface area contributed by atoms with Crippen LogP contribution in [-0.2, 0) is 4.79 Å². The van der Waals surface area contributed by atoms with Crippen molar-refractivity contribution in [2.45, 2.75) is 20.8 Å². The number of aliphatic imine (C=N–C) groups is 1. The summed E-state index contributed by atoms with van der Waals surface area (Å²) in [6, 6.07) is 21.2. The van der Waals surface area contributed by atoms with Crippen molar-refractivity contribution < 1.29 is 14.3 Å². The summed E-state index contributed by atoms with van der Waals surface area (Å²) in [5.41, 5.74) is 4.79. The second-order valence-electron chi connectivity index (χ2n) is 6.94. The monoisotopic (exact) mass is 402 g/mol. The molecule has 0 fully saturated rings. The van der Waals surface area contributed by atoms with Gasteiger partial charge in [0.15, 0.2) is 18.1 Å². The second kappa shape index (κ2) is 10.3. The summed E-state index contributed by atoms with van der Waals surface area (Å²) in [4.78, 5) is 16.7. The van der Waals surface area contributed by atoms with E-state index in [-0.39, 0.29) is 12.5 Å². The molecule has 0 radical (unpaired) electrons. The molecular weight excluding hydrogens is 376 g/mol. The first-order valence-electron chi connectivity index (χ1n) is 9.90. The molecule has 0 bridgehead atoms. The van der Waals surface area contributed by atoms with Crippen molar-refractivity contribution in [3.05, 3.63) is 83.4 Å². The normalized spacial score (nSPS) is 10.8. The zero-order chi connectivity index (χ0) is 21.3. The van der Waals surface area contributed by atoms with Gasteiger partial charge in [-0.2, -0.15) is 0 Å². The molecule has 30 heavy (non-hydrogen) atoms. The van der Waals surface area contributed by atoms with Gasteiger partial charge in [-0.1, -0.05) is 29.8 Å². The number of carbonyl (C=O) groups is 1. The highest BCUT2D eigenvalue weighted by atomic mass is 16.5. The van der Waals surface area contributed by atoms with Crippen LogP contribution in [0, 0.1) is 13.8 Å². The lowest BCUT2D eigenvalue weighted by Gasteiger charge is -2.13. The maximum absolute atomic E-state index is 12.2. The van der Waals surface area contributed by atoms with Gasteiger partial charge in [-0.25, -0.2) is 0 Å². The minimum absolute atomic E-state index is 0.106. The first-order chi connectivity index (χ1) is 14.5. The average Bonchev–Trinajstić information content (AvgIpc) is 2.73. The second-order valence-corrected chi connectivity index (χ2v) is 6.94. The molecule has 0 saturated carbocycles. The molecule has 3 aromatic rings. The van der Waals surface area contributed by atoms with E-state index in [1.165, 1.54) is 5.56 Å². The van der Waals surface area contributed by atoms with E-state index in [0.29, 0.717) is 18.1 Å². The van der Waals surface area contributed by atoms with Gasteiger partial charge in [0.2, 0.25) is 0 Å². The van der Waals surface area contributed by atoms with Crippen LogP contribution in [0.2, 0.25) is 0 Å². The fraction of sp³-hybridized carbons (Fsp3) is 0.200. The molecule has 0 aliphatic heterocycles. The van der Waals surface area contributed by atoms with E-state index in [0.717, 1.165) is 22.5 Å². The Morgan fingerprint density at radius 1 is 0.933 bits per heavy atom. The van der Waals surface area contributed by atoms with Crippen LogP contribution in [0.15, 0.2) is 71.7 Å². The van der Waals surface area contributed by atoms with Gasteiger partial charge in [0.25, 0.3) is 5.91 Å². The van der Waals surface area contributed by atoms with E-state index in [1.807, 2.05) is 81.4 Å². The maximum Gasteiger partial charge on any atom is 0.262 e. The molecule has 0 spiro atoms. The summed E-state index contributed by atoms with van der Waals surface area (Å²) in [6.07, 6.45) is 1.78. The zero-order valence-corrected chi connectivity index (χ0v) is 17.5. The van der Waals surface area contributed by atoms with Crippen LogP contribution in [0.3, 0.4) is 0 Å². The van der Waals surface area contributed by atoms with Gasteiger partial charge < -0.3 is 14.8 Å². The number of rotatable bonds is 8. The highest BCUT2D eigenvalue weighted by Gasteiger charge is 2.09. The number of benzene rings is 3. The fourth-order valence-corrected chi connectivity index (χ4v) is 2.84. The number of hydrogen-bond acceptors (Lipinski definition) is 4. The molecule has 0 aliphatic carbocycles. The van der Waals surface area contributed by atoms with Gasteiger partial charge in [0.1, 0.15) is 0 Å². The number of amides is 1. The summed E-state index contributed by atoms with van der Waals surface area (Å²) >= 11 is 0. The number of anilines is 1. The predicted molar refractivity (Wildman–Crippen MR) is 121 cm³/mol. The lowest BCUT2D eigenvalue weighted by Crippen LogP contribution is -2.20. The Kier molecular flexibility index (Phi) is 7.22. The molecule has 0 aromatic heterocycles. The van der Waals surface area contributed by atoms with Crippen molar-refractivity contribution in [3.63, 3.8) is 0 Å².